The molecule has 16 heavy (non-hydrogen) atoms. The van der Waals surface area contributed by atoms with E-state index in [1.807, 2.05) is 31.2 Å². The van der Waals surface area contributed by atoms with Crippen molar-refractivity contribution in [1.29, 1.82) is 0 Å². The first-order valence-electron chi connectivity index (χ1n) is 5.62. The first-order valence-corrected chi connectivity index (χ1v) is 5.62. The molecule has 0 spiro atoms. The van der Waals surface area contributed by atoms with E-state index in [1.54, 1.807) is 14.0 Å². The highest BCUT2D eigenvalue weighted by Gasteiger charge is 2.12. The molecule has 3 nitrogen and oxygen atoms in total. The fourth-order valence-corrected chi connectivity index (χ4v) is 1.52. The van der Waals surface area contributed by atoms with Crippen LogP contribution in [0.25, 0.3) is 0 Å². The number of methoxy groups -OCH3 is 1. The molecule has 2 N–H and O–H groups in total. The second kappa shape index (κ2) is 5.87. The minimum absolute atomic E-state index is 0.0806. The molecular weight excluding hydrogens is 202 g/mol. The van der Waals surface area contributed by atoms with Crippen molar-refractivity contribution in [2.24, 2.45) is 0 Å². The molecule has 0 heterocycles. The van der Waals surface area contributed by atoms with E-state index in [-0.39, 0.29) is 18.2 Å². The fourth-order valence-electron chi connectivity index (χ4n) is 1.52. The van der Waals surface area contributed by atoms with Crippen LogP contribution < -0.4 is 10.1 Å². The van der Waals surface area contributed by atoms with Crippen molar-refractivity contribution in [3.05, 3.63) is 29.8 Å². The van der Waals surface area contributed by atoms with E-state index in [0.29, 0.717) is 0 Å². The standard InChI is InChI=1S/C13H21NO2/c1-9(11(3)15)14-10(2)12-5-7-13(16-4)8-6-12/h5-11,14-15H,1-4H3/t9?,10-,11?/m1/s1. The van der Waals surface area contributed by atoms with Crippen LogP contribution in [-0.2, 0) is 0 Å². The van der Waals surface area contributed by atoms with Crippen LogP contribution in [0.4, 0.5) is 0 Å². The number of nitrogens with one attached hydrogen (secondary N) is 1. The lowest BCUT2D eigenvalue weighted by Gasteiger charge is -2.22. The predicted octanol–water partition coefficient (Wildman–Crippen LogP) is 2.12. The van der Waals surface area contributed by atoms with Crippen LogP contribution in [0.3, 0.4) is 0 Å². The third-order valence-electron chi connectivity index (χ3n) is 2.85. The van der Waals surface area contributed by atoms with Crippen molar-refractivity contribution >= 4 is 0 Å². The van der Waals surface area contributed by atoms with Crippen LogP contribution in [0.2, 0.25) is 0 Å². The summed E-state index contributed by atoms with van der Waals surface area (Å²) < 4.78 is 5.11. The molecule has 3 atom stereocenters. The maximum absolute atomic E-state index is 9.42. The molecule has 0 amide bonds. The molecule has 0 saturated carbocycles. The smallest absolute Gasteiger partial charge is 0.118 e. The highest BCUT2D eigenvalue weighted by molar-refractivity contribution is 5.28. The molecule has 1 rings (SSSR count). The summed E-state index contributed by atoms with van der Waals surface area (Å²) >= 11 is 0. The van der Waals surface area contributed by atoms with Gasteiger partial charge in [0.05, 0.1) is 13.2 Å². The van der Waals surface area contributed by atoms with Crippen LogP contribution >= 0.6 is 0 Å². The molecule has 0 radical (unpaired) electrons. The van der Waals surface area contributed by atoms with Gasteiger partial charge in [-0.25, -0.2) is 0 Å². The Labute approximate surface area is 97.4 Å². The molecular formula is C13H21NO2. The number of rotatable bonds is 5. The Morgan fingerprint density at radius 3 is 2.12 bits per heavy atom. The lowest BCUT2D eigenvalue weighted by Crippen LogP contribution is -2.37. The SMILES string of the molecule is COc1ccc([C@@H](C)NC(C)C(C)O)cc1. The van der Waals surface area contributed by atoms with Gasteiger partial charge in [0, 0.05) is 12.1 Å². The van der Waals surface area contributed by atoms with Gasteiger partial charge in [0.15, 0.2) is 0 Å². The minimum atomic E-state index is -0.347. The van der Waals surface area contributed by atoms with Gasteiger partial charge in [-0.3, -0.25) is 0 Å². The van der Waals surface area contributed by atoms with Crippen molar-refractivity contribution in [1.82, 2.24) is 5.32 Å². The normalized spacial score (nSPS) is 16.6. The van der Waals surface area contributed by atoms with E-state index in [9.17, 15) is 5.11 Å². The average Bonchev–Trinajstić information content (AvgIpc) is 2.28. The number of aliphatic hydroxyl groups is 1. The van der Waals surface area contributed by atoms with Crippen LogP contribution in [0.1, 0.15) is 32.4 Å². The van der Waals surface area contributed by atoms with Crippen LogP contribution in [0.5, 0.6) is 5.75 Å². The molecule has 0 aliphatic rings. The van der Waals surface area contributed by atoms with E-state index in [1.165, 1.54) is 5.56 Å². The van der Waals surface area contributed by atoms with E-state index in [4.69, 9.17) is 4.74 Å². The highest BCUT2D eigenvalue weighted by atomic mass is 16.5. The third kappa shape index (κ3) is 3.51. The van der Waals surface area contributed by atoms with Crippen LogP contribution in [-0.4, -0.2) is 24.4 Å². The van der Waals surface area contributed by atoms with Crippen molar-refractivity contribution in [2.75, 3.05) is 7.11 Å². The number of hydrogen-bond donors (Lipinski definition) is 2. The quantitative estimate of drug-likeness (QED) is 0.803. The van der Waals surface area contributed by atoms with E-state index in [0.717, 1.165) is 5.75 Å². The van der Waals surface area contributed by atoms with Crippen LogP contribution in [0.15, 0.2) is 24.3 Å². The van der Waals surface area contributed by atoms with Gasteiger partial charge in [-0.1, -0.05) is 12.1 Å². The van der Waals surface area contributed by atoms with Crippen molar-refractivity contribution in [2.45, 2.75) is 39.0 Å². The Balaban J connectivity index is 2.62. The van der Waals surface area contributed by atoms with Crippen molar-refractivity contribution < 1.29 is 9.84 Å². The topological polar surface area (TPSA) is 41.5 Å². The minimum Gasteiger partial charge on any atom is -0.497 e. The Hall–Kier alpha value is -1.06. The lowest BCUT2D eigenvalue weighted by molar-refractivity contribution is 0.147. The summed E-state index contributed by atoms with van der Waals surface area (Å²) in [6.45, 7) is 5.85. The molecule has 1 aromatic rings. The summed E-state index contributed by atoms with van der Waals surface area (Å²) in [6.07, 6.45) is -0.347. The number of ether oxygens (including phenoxy) is 1. The zero-order chi connectivity index (χ0) is 12.1. The molecule has 2 unspecified atom stereocenters. The summed E-state index contributed by atoms with van der Waals surface area (Å²) in [6, 6.07) is 8.25. The summed E-state index contributed by atoms with van der Waals surface area (Å²) in [5, 5.41) is 12.8. The summed E-state index contributed by atoms with van der Waals surface area (Å²) in [7, 11) is 1.66. The second-order valence-corrected chi connectivity index (χ2v) is 4.19. The molecule has 1 aromatic carbocycles. The Bertz CT molecular complexity index is 308. The summed E-state index contributed by atoms with van der Waals surface area (Å²) in [4.78, 5) is 0. The van der Waals surface area contributed by atoms with Crippen LogP contribution in [0, 0.1) is 0 Å². The molecule has 0 aliphatic heterocycles. The van der Waals surface area contributed by atoms with Gasteiger partial charge in [0.2, 0.25) is 0 Å². The zero-order valence-corrected chi connectivity index (χ0v) is 10.4. The fraction of sp³-hybridized carbons (Fsp3) is 0.538. The average molecular weight is 223 g/mol. The maximum Gasteiger partial charge on any atom is 0.118 e. The molecule has 0 aliphatic carbocycles. The largest absolute Gasteiger partial charge is 0.497 e. The first kappa shape index (κ1) is 13.0. The van der Waals surface area contributed by atoms with Gasteiger partial charge in [-0.05, 0) is 38.5 Å². The zero-order valence-electron chi connectivity index (χ0n) is 10.4. The predicted molar refractivity (Wildman–Crippen MR) is 65.7 cm³/mol. The van der Waals surface area contributed by atoms with Gasteiger partial charge in [0.25, 0.3) is 0 Å². The maximum atomic E-state index is 9.42. The Morgan fingerprint density at radius 1 is 1.12 bits per heavy atom. The molecule has 0 fully saturated rings. The molecule has 3 heteroatoms. The van der Waals surface area contributed by atoms with Gasteiger partial charge >= 0.3 is 0 Å². The highest BCUT2D eigenvalue weighted by Crippen LogP contribution is 2.17. The first-order chi connectivity index (χ1) is 7.54. The Morgan fingerprint density at radius 2 is 1.69 bits per heavy atom. The van der Waals surface area contributed by atoms with Crippen molar-refractivity contribution in [3.8, 4) is 5.75 Å². The second-order valence-electron chi connectivity index (χ2n) is 4.19. The monoisotopic (exact) mass is 223 g/mol. The summed E-state index contributed by atoms with van der Waals surface area (Å²) in [5.74, 6) is 0.861. The van der Waals surface area contributed by atoms with E-state index < -0.39 is 0 Å². The van der Waals surface area contributed by atoms with Crippen molar-refractivity contribution in [3.63, 3.8) is 0 Å². The number of hydrogen-bond acceptors (Lipinski definition) is 3. The molecule has 0 saturated heterocycles. The van der Waals surface area contributed by atoms with E-state index in [2.05, 4.69) is 12.2 Å². The number of benzene rings is 1. The summed E-state index contributed by atoms with van der Waals surface area (Å²) in [5.41, 5.74) is 1.19. The molecule has 90 valence electrons. The van der Waals surface area contributed by atoms with Gasteiger partial charge in [-0.15, -0.1) is 0 Å². The van der Waals surface area contributed by atoms with E-state index >= 15 is 0 Å². The molecule has 0 aromatic heterocycles. The Kier molecular flexibility index (Phi) is 4.77. The molecule has 0 bridgehead atoms. The lowest BCUT2D eigenvalue weighted by atomic mass is 10.1. The van der Waals surface area contributed by atoms with Gasteiger partial charge < -0.3 is 15.2 Å². The van der Waals surface area contributed by atoms with Gasteiger partial charge in [0.1, 0.15) is 5.75 Å². The number of aliphatic hydroxyl groups excluding tert-OH is 1. The van der Waals surface area contributed by atoms with Gasteiger partial charge in [-0.2, -0.15) is 0 Å². The third-order valence-corrected chi connectivity index (χ3v) is 2.85.